The lowest BCUT2D eigenvalue weighted by molar-refractivity contribution is 0.102. The Morgan fingerprint density at radius 1 is 1.17 bits per heavy atom. The van der Waals surface area contributed by atoms with Crippen molar-refractivity contribution in [1.29, 1.82) is 0 Å². The first-order valence-electron chi connectivity index (χ1n) is 7.38. The number of anilines is 1. The highest BCUT2D eigenvalue weighted by molar-refractivity contribution is 6.33. The predicted octanol–water partition coefficient (Wildman–Crippen LogP) is 3.85. The first kappa shape index (κ1) is 16.1. The summed E-state index contributed by atoms with van der Waals surface area (Å²) in [4.78, 5) is 12.3. The summed E-state index contributed by atoms with van der Waals surface area (Å²) in [6, 6.07) is 16.7. The Hall–Kier alpha value is -2.79. The van der Waals surface area contributed by atoms with Crippen LogP contribution in [0, 0.1) is 0 Å². The molecule has 0 saturated carbocycles. The van der Waals surface area contributed by atoms with Crippen molar-refractivity contribution in [3.05, 3.63) is 76.9 Å². The van der Waals surface area contributed by atoms with Crippen LogP contribution in [-0.2, 0) is 6.54 Å². The van der Waals surface area contributed by atoms with E-state index in [-0.39, 0.29) is 5.91 Å². The summed E-state index contributed by atoms with van der Waals surface area (Å²) >= 11 is 6.17. The van der Waals surface area contributed by atoms with Crippen LogP contribution in [-0.4, -0.2) is 22.8 Å². The number of ether oxygens (including phenoxy) is 1. The van der Waals surface area contributed by atoms with Gasteiger partial charge in [0.05, 0.1) is 13.7 Å². The average molecular weight is 342 g/mol. The van der Waals surface area contributed by atoms with E-state index >= 15 is 0 Å². The normalized spacial score (nSPS) is 10.4. The molecule has 0 unspecified atom stereocenters. The molecule has 1 heterocycles. The standard InChI is InChI=1S/C18H16ClN3O2/c1-24-15-9-7-14(8-10-15)18(23)20-17-16(19)12-22(21-17)11-13-5-3-2-4-6-13/h2-10,12H,11H2,1H3,(H,20,21,23). The number of methoxy groups -OCH3 is 1. The van der Waals surface area contributed by atoms with Crippen molar-refractivity contribution in [3.8, 4) is 5.75 Å². The van der Waals surface area contributed by atoms with Gasteiger partial charge in [-0.25, -0.2) is 0 Å². The fourth-order valence-corrected chi connectivity index (χ4v) is 2.45. The maximum absolute atomic E-state index is 12.3. The number of hydrogen-bond donors (Lipinski definition) is 1. The minimum atomic E-state index is -0.274. The lowest BCUT2D eigenvalue weighted by Crippen LogP contribution is -2.13. The van der Waals surface area contributed by atoms with Crippen LogP contribution in [0.15, 0.2) is 60.8 Å². The number of hydrogen-bond acceptors (Lipinski definition) is 3. The number of halogens is 1. The van der Waals surface area contributed by atoms with Crippen molar-refractivity contribution < 1.29 is 9.53 Å². The van der Waals surface area contributed by atoms with Crippen LogP contribution >= 0.6 is 11.6 Å². The quantitative estimate of drug-likeness (QED) is 0.767. The van der Waals surface area contributed by atoms with Gasteiger partial charge in [0.15, 0.2) is 5.82 Å². The van der Waals surface area contributed by atoms with Gasteiger partial charge in [0.25, 0.3) is 5.91 Å². The first-order valence-corrected chi connectivity index (χ1v) is 7.76. The van der Waals surface area contributed by atoms with Gasteiger partial charge in [0, 0.05) is 11.8 Å². The largest absolute Gasteiger partial charge is 0.497 e. The number of nitrogens with zero attached hydrogens (tertiary/aromatic N) is 2. The minimum Gasteiger partial charge on any atom is -0.497 e. The number of aromatic nitrogens is 2. The molecular formula is C18H16ClN3O2. The van der Waals surface area contributed by atoms with Crippen molar-refractivity contribution in [2.24, 2.45) is 0 Å². The summed E-state index contributed by atoms with van der Waals surface area (Å²) in [5, 5.41) is 7.45. The van der Waals surface area contributed by atoms with E-state index in [9.17, 15) is 4.79 Å². The van der Waals surface area contributed by atoms with Gasteiger partial charge in [-0.1, -0.05) is 41.9 Å². The Kier molecular flexibility index (Phi) is 4.82. The van der Waals surface area contributed by atoms with Gasteiger partial charge < -0.3 is 10.1 Å². The van der Waals surface area contributed by atoms with Crippen LogP contribution < -0.4 is 10.1 Å². The average Bonchev–Trinajstić information content (AvgIpc) is 2.95. The molecule has 24 heavy (non-hydrogen) atoms. The topological polar surface area (TPSA) is 56.1 Å². The molecule has 0 atom stereocenters. The highest BCUT2D eigenvalue weighted by Gasteiger charge is 2.12. The molecule has 1 N–H and O–H groups in total. The van der Waals surface area contributed by atoms with Gasteiger partial charge in [-0.15, -0.1) is 0 Å². The molecular weight excluding hydrogens is 326 g/mol. The molecule has 6 heteroatoms. The second kappa shape index (κ2) is 7.19. The molecule has 2 aromatic carbocycles. The molecule has 1 aromatic heterocycles. The van der Waals surface area contributed by atoms with Gasteiger partial charge in [-0.05, 0) is 29.8 Å². The van der Waals surface area contributed by atoms with Crippen LogP contribution in [0.2, 0.25) is 5.02 Å². The van der Waals surface area contributed by atoms with Crippen LogP contribution in [0.1, 0.15) is 15.9 Å². The molecule has 0 spiro atoms. The fraction of sp³-hybridized carbons (Fsp3) is 0.111. The van der Waals surface area contributed by atoms with E-state index in [0.717, 1.165) is 5.56 Å². The fourth-order valence-electron chi connectivity index (χ4n) is 2.26. The summed E-state index contributed by atoms with van der Waals surface area (Å²) in [6.45, 7) is 0.582. The Bertz CT molecular complexity index is 829. The van der Waals surface area contributed by atoms with Crippen LogP contribution in [0.3, 0.4) is 0 Å². The zero-order valence-electron chi connectivity index (χ0n) is 13.1. The van der Waals surface area contributed by atoms with E-state index < -0.39 is 0 Å². The third-order valence-corrected chi connectivity index (χ3v) is 3.77. The summed E-state index contributed by atoms with van der Waals surface area (Å²) in [7, 11) is 1.58. The Morgan fingerprint density at radius 2 is 1.88 bits per heavy atom. The Morgan fingerprint density at radius 3 is 2.54 bits per heavy atom. The molecule has 3 rings (SSSR count). The van der Waals surface area contributed by atoms with E-state index in [1.54, 1.807) is 42.3 Å². The second-order valence-corrected chi connectivity index (χ2v) is 5.60. The lowest BCUT2D eigenvalue weighted by Gasteiger charge is -2.04. The van der Waals surface area contributed by atoms with E-state index in [0.29, 0.717) is 28.7 Å². The molecule has 0 aliphatic carbocycles. The zero-order valence-corrected chi connectivity index (χ0v) is 13.8. The number of benzene rings is 2. The predicted molar refractivity (Wildman–Crippen MR) is 93.7 cm³/mol. The molecule has 122 valence electrons. The first-order chi connectivity index (χ1) is 11.7. The smallest absolute Gasteiger partial charge is 0.256 e. The summed E-state index contributed by atoms with van der Waals surface area (Å²) < 4.78 is 6.77. The maximum atomic E-state index is 12.3. The molecule has 0 aliphatic rings. The van der Waals surface area contributed by atoms with Crippen LogP contribution in [0.5, 0.6) is 5.75 Å². The number of nitrogens with one attached hydrogen (secondary N) is 1. The van der Waals surface area contributed by atoms with Crippen LogP contribution in [0.25, 0.3) is 0 Å². The minimum absolute atomic E-state index is 0.274. The Labute approximate surface area is 144 Å². The third kappa shape index (κ3) is 3.75. The van der Waals surface area contributed by atoms with Crippen molar-refractivity contribution in [3.63, 3.8) is 0 Å². The molecule has 0 fully saturated rings. The van der Waals surface area contributed by atoms with Gasteiger partial charge >= 0.3 is 0 Å². The number of amides is 1. The monoisotopic (exact) mass is 341 g/mol. The molecule has 0 radical (unpaired) electrons. The number of carbonyl (C=O) groups is 1. The van der Waals surface area contributed by atoms with E-state index in [1.807, 2.05) is 30.3 Å². The third-order valence-electron chi connectivity index (χ3n) is 3.49. The lowest BCUT2D eigenvalue weighted by atomic mass is 10.2. The van der Waals surface area contributed by atoms with Crippen molar-refractivity contribution >= 4 is 23.3 Å². The number of rotatable bonds is 5. The second-order valence-electron chi connectivity index (χ2n) is 5.19. The van der Waals surface area contributed by atoms with E-state index in [2.05, 4.69) is 10.4 Å². The molecule has 5 nitrogen and oxygen atoms in total. The zero-order chi connectivity index (χ0) is 16.9. The summed E-state index contributed by atoms with van der Waals surface area (Å²) in [5.41, 5.74) is 1.61. The highest BCUT2D eigenvalue weighted by atomic mass is 35.5. The molecule has 0 saturated heterocycles. The van der Waals surface area contributed by atoms with Gasteiger partial charge in [-0.2, -0.15) is 5.10 Å². The number of carbonyl (C=O) groups excluding carboxylic acids is 1. The van der Waals surface area contributed by atoms with Gasteiger partial charge in [0.1, 0.15) is 10.8 Å². The van der Waals surface area contributed by atoms with Gasteiger partial charge in [-0.3, -0.25) is 9.48 Å². The highest BCUT2D eigenvalue weighted by Crippen LogP contribution is 2.21. The summed E-state index contributed by atoms with van der Waals surface area (Å²) in [6.07, 6.45) is 1.69. The van der Waals surface area contributed by atoms with E-state index in [1.165, 1.54) is 0 Å². The maximum Gasteiger partial charge on any atom is 0.256 e. The van der Waals surface area contributed by atoms with Crippen LogP contribution in [0.4, 0.5) is 5.82 Å². The van der Waals surface area contributed by atoms with Gasteiger partial charge in [0.2, 0.25) is 0 Å². The van der Waals surface area contributed by atoms with Crippen molar-refractivity contribution in [2.45, 2.75) is 6.54 Å². The van der Waals surface area contributed by atoms with Crippen molar-refractivity contribution in [1.82, 2.24) is 9.78 Å². The Balaban J connectivity index is 1.71. The molecule has 3 aromatic rings. The molecule has 1 amide bonds. The summed E-state index contributed by atoms with van der Waals surface area (Å²) in [5.74, 6) is 0.759. The van der Waals surface area contributed by atoms with E-state index in [4.69, 9.17) is 16.3 Å². The van der Waals surface area contributed by atoms with Crippen molar-refractivity contribution in [2.75, 3.05) is 12.4 Å². The SMILES string of the molecule is COc1ccc(C(=O)Nc2nn(Cc3ccccc3)cc2Cl)cc1. The molecule has 0 aliphatic heterocycles. The molecule has 0 bridgehead atoms.